The van der Waals surface area contributed by atoms with Crippen LogP contribution in [0.15, 0.2) is 28.8 Å². The second-order valence-corrected chi connectivity index (χ2v) is 4.08. The van der Waals surface area contributed by atoms with E-state index in [1.54, 1.807) is 12.3 Å². The molecule has 2 aromatic heterocycles. The zero-order chi connectivity index (χ0) is 13.1. The Balaban J connectivity index is 2.24. The molecule has 2 rings (SSSR count). The number of nitrogens with two attached hydrogens (primary N) is 1. The Morgan fingerprint density at radius 2 is 2.22 bits per heavy atom. The fraction of sp³-hybridized carbons (Fsp3) is 0.231. The molecule has 5 heteroatoms. The van der Waals surface area contributed by atoms with E-state index in [2.05, 4.69) is 4.98 Å². The molecule has 0 aliphatic heterocycles. The summed E-state index contributed by atoms with van der Waals surface area (Å²) in [6.07, 6.45) is 1.58. The van der Waals surface area contributed by atoms with Crippen LogP contribution in [0.1, 0.15) is 17.1 Å². The predicted octanol–water partition coefficient (Wildman–Crippen LogP) is 2.07. The van der Waals surface area contributed by atoms with Crippen molar-refractivity contribution in [3.8, 4) is 6.07 Å². The first-order valence-electron chi connectivity index (χ1n) is 5.53. The van der Waals surface area contributed by atoms with Crippen molar-refractivity contribution in [3.63, 3.8) is 0 Å². The highest BCUT2D eigenvalue weighted by Crippen LogP contribution is 2.23. The number of aryl methyl sites for hydroxylation is 1. The molecule has 0 spiro atoms. The Bertz CT molecular complexity index is 597. The second kappa shape index (κ2) is 4.80. The van der Waals surface area contributed by atoms with Gasteiger partial charge in [0.15, 0.2) is 5.82 Å². The van der Waals surface area contributed by atoms with Gasteiger partial charge >= 0.3 is 0 Å². The van der Waals surface area contributed by atoms with Crippen LogP contribution in [0.4, 0.5) is 11.5 Å². The van der Waals surface area contributed by atoms with Crippen LogP contribution in [-0.2, 0) is 6.54 Å². The number of nitriles is 1. The Labute approximate surface area is 105 Å². The molecular formula is C13H14N4O. The van der Waals surface area contributed by atoms with E-state index in [1.165, 1.54) is 0 Å². The Kier molecular flexibility index (Phi) is 3.20. The van der Waals surface area contributed by atoms with Crippen molar-refractivity contribution in [2.45, 2.75) is 13.5 Å². The van der Waals surface area contributed by atoms with Crippen LogP contribution in [0.2, 0.25) is 0 Å². The van der Waals surface area contributed by atoms with Crippen LogP contribution in [0, 0.1) is 18.3 Å². The quantitative estimate of drug-likeness (QED) is 0.891. The van der Waals surface area contributed by atoms with E-state index < -0.39 is 0 Å². The summed E-state index contributed by atoms with van der Waals surface area (Å²) in [6, 6.07) is 7.47. The van der Waals surface area contributed by atoms with Crippen molar-refractivity contribution in [2.24, 2.45) is 0 Å². The number of nitrogens with zero attached hydrogens (tertiary/aromatic N) is 3. The lowest BCUT2D eigenvalue weighted by Crippen LogP contribution is -2.19. The van der Waals surface area contributed by atoms with Crippen LogP contribution in [0.5, 0.6) is 0 Å². The lowest BCUT2D eigenvalue weighted by molar-refractivity contribution is 0.481. The number of rotatable bonds is 3. The van der Waals surface area contributed by atoms with Gasteiger partial charge in [-0.1, -0.05) is 0 Å². The maximum absolute atomic E-state index is 8.92. The Morgan fingerprint density at radius 1 is 1.44 bits per heavy atom. The average Bonchev–Trinajstić information content (AvgIpc) is 2.75. The highest BCUT2D eigenvalue weighted by Gasteiger charge is 2.12. The Hall–Kier alpha value is -2.48. The molecule has 2 aromatic rings. The van der Waals surface area contributed by atoms with Crippen LogP contribution in [0.3, 0.4) is 0 Å². The molecule has 92 valence electrons. The monoisotopic (exact) mass is 242 g/mol. The number of aromatic nitrogens is 1. The molecule has 0 saturated heterocycles. The molecule has 0 aliphatic carbocycles. The smallest absolute Gasteiger partial charge is 0.153 e. The average molecular weight is 242 g/mol. The van der Waals surface area contributed by atoms with Gasteiger partial charge in [-0.25, -0.2) is 4.98 Å². The first-order valence-corrected chi connectivity index (χ1v) is 5.53. The van der Waals surface area contributed by atoms with Gasteiger partial charge in [-0.3, -0.25) is 0 Å². The molecule has 0 fully saturated rings. The van der Waals surface area contributed by atoms with Gasteiger partial charge in [0.05, 0.1) is 17.8 Å². The fourth-order valence-corrected chi connectivity index (χ4v) is 1.74. The van der Waals surface area contributed by atoms with E-state index in [-0.39, 0.29) is 0 Å². The van der Waals surface area contributed by atoms with E-state index in [1.807, 2.05) is 37.1 Å². The summed E-state index contributed by atoms with van der Waals surface area (Å²) in [4.78, 5) is 6.05. The van der Waals surface area contributed by atoms with Crippen molar-refractivity contribution in [1.29, 1.82) is 5.26 Å². The standard InChI is InChI=1S/C13H14N4O/c1-9-3-4-11(18-9)8-17(2)13-12(15)10(7-14)5-6-16-13/h3-6H,8,15H2,1-2H3. The summed E-state index contributed by atoms with van der Waals surface area (Å²) in [6.45, 7) is 2.45. The molecule has 0 aliphatic rings. The summed E-state index contributed by atoms with van der Waals surface area (Å²) in [7, 11) is 1.86. The third-order valence-electron chi connectivity index (χ3n) is 2.64. The molecule has 0 radical (unpaired) electrons. The summed E-state index contributed by atoms with van der Waals surface area (Å²) in [5.74, 6) is 2.28. The number of nitrogen functional groups attached to an aromatic ring is 1. The molecule has 0 unspecified atom stereocenters. The van der Waals surface area contributed by atoms with Crippen LogP contribution in [0.25, 0.3) is 0 Å². The van der Waals surface area contributed by atoms with Gasteiger partial charge in [0, 0.05) is 13.2 Å². The number of hydrogen-bond acceptors (Lipinski definition) is 5. The number of furan rings is 1. The first kappa shape index (κ1) is 12.0. The minimum absolute atomic E-state index is 0.394. The molecule has 2 heterocycles. The summed E-state index contributed by atoms with van der Waals surface area (Å²) in [5.41, 5.74) is 6.72. The minimum atomic E-state index is 0.394. The molecule has 0 aromatic carbocycles. The summed E-state index contributed by atoms with van der Waals surface area (Å²) < 4.78 is 5.50. The zero-order valence-electron chi connectivity index (χ0n) is 10.3. The van der Waals surface area contributed by atoms with Gasteiger partial charge in [-0.2, -0.15) is 5.26 Å². The lowest BCUT2D eigenvalue weighted by Gasteiger charge is -2.18. The predicted molar refractivity (Wildman–Crippen MR) is 68.9 cm³/mol. The van der Waals surface area contributed by atoms with E-state index >= 15 is 0 Å². The Morgan fingerprint density at radius 3 is 2.83 bits per heavy atom. The third kappa shape index (κ3) is 2.28. The molecule has 2 N–H and O–H groups in total. The molecule has 18 heavy (non-hydrogen) atoms. The molecule has 0 atom stereocenters. The maximum Gasteiger partial charge on any atom is 0.153 e. The van der Waals surface area contributed by atoms with Crippen LogP contribution < -0.4 is 10.6 Å². The number of pyridine rings is 1. The van der Waals surface area contributed by atoms with Gasteiger partial charge in [0.1, 0.15) is 17.6 Å². The highest BCUT2D eigenvalue weighted by atomic mass is 16.3. The van der Waals surface area contributed by atoms with Crippen LogP contribution >= 0.6 is 0 Å². The highest BCUT2D eigenvalue weighted by molar-refractivity contribution is 5.69. The van der Waals surface area contributed by atoms with E-state index in [9.17, 15) is 0 Å². The van der Waals surface area contributed by atoms with Crippen LogP contribution in [-0.4, -0.2) is 12.0 Å². The number of hydrogen-bond donors (Lipinski definition) is 1. The van der Waals surface area contributed by atoms with Crippen molar-refractivity contribution < 1.29 is 4.42 Å². The van der Waals surface area contributed by atoms with Crippen molar-refractivity contribution in [3.05, 3.63) is 41.5 Å². The SMILES string of the molecule is Cc1ccc(CN(C)c2nccc(C#N)c2N)o1. The van der Waals surface area contributed by atoms with Gasteiger partial charge in [-0.05, 0) is 25.1 Å². The maximum atomic E-state index is 8.92. The van der Waals surface area contributed by atoms with E-state index in [0.717, 1.165) is 11.5 Å². The topological polar surface area (TPSA) is 79.1 Å². The van der Waals surface area contributed by atoms with Gasteiger partial charge in [0.25, 0.3) is 0 Å². The van der Waals surface area contributed by atoms with Gasteiger partial charge < -0.3 is 15.1 Å². The summed E-state index contributed by atoms with van der Waals surface area (Å²) >= 11 is 0. The van der Waals surface area contributed by atoms with Crippen molar-refractivity contribution in [1.82, 2.24) is 4.98 Å². The molecular weight excluding hydrogens is 228 g/mol. The molecule has 0 amide bonds. The van der Waals surface area contributed by atoms with E-state index in [0.29, 0.717) is 23.6 Å². The number of anilines is 2. The summed E-state index contributed by atoms with van der Waals surface area (Å²) in [5, 5.41) is 8.92. The second-order valence-electron chi connectivity index (χ2n) is 4.08. The molecule has 5 nitrogen and oxygen atoms in total. The lowest BCUT2D eigenvalue weighted by atomic mass is 10.2. The van der Waals surface area contributed by atoms with E-state index in [4.69, 9.17) is 15.4 Å². The molecule has 0 saturated carbocycles. The zero-order valence-corrected chi connectivity index (χ0v) is 10.3. The third-order valence-corrected chi connectivity index (χ3v) is 2.64. The van der Waals surface area contributed by atoms with Crippen molar-refractivity contribution >= 4 is 11.5 Å². The fourth-order valence-electron chi connectivity index (χ4n) is 1.74. The normalized spacial score (nSPS) is 10.1. The molecule has 0 bridgehead atoms. The van der Waals surface area contributed by atoms with Gasteiger partial charge in [-0.15, -0.1) is 0 Å². The largest absolute Gasteiger partial charge is 0.464 e. The van der Waals surface area contributed by atoms with Crippen molar-refractivity contribution in [2.75, 3.05) is 17.7 Å². The first-order chi connectivity index (χ1) is 8.61. The van der Waals surface area contributed by atoms with Gasteiger partial charge in [0.2, 0.25) is 0 Å². The minimum Gasteiger partial charge on any atom is -0.464 e.